The highest BCUT2D eigenvalue weighted by Crippen LogP contribution is 2.26. The van der Waals surface area contributed by atoms with Crippen molar-refractivity contribution in [1.82, 2.24) is 10.9 Å². The van der Waals surface area contributed by atoms with Crippen molar-refractivity contribution in [2.24, 2.45) is 5.73 Å². The van der Waals surface area contributed by atoms with Crippen LogP contribution in [0.2, 0.25) is 5.02 Å². The van der Waals surface area contributed by atoms with Gasteiger partial charge in [0.05, 0.1) is 11.3 Å². The van der Waals surface area contributed by atoms with Crippen molar-refractivity contribution < 1.29 is 4.79 Å². The van der Waals surface area contributed by atoms with Crippen molar-refractivity contribution in [3.8, 4) is 0 Å². The second-order valence-electron chi connectivity index (χ2n) is 5.06. The van der Waals surface area contributed by atoms with E-state index in [2.05, 4.69) is 28.4 Å². The van der Waals surface area contributed by atoms with Crippen LogP contribution in [0.5, 0.6) is 0 Å². The Morgan fingerprint density at radius 3 is 2.48 bits per heavy atom. The van der Waals surface area contributed by atoms with Gasteiger partial charge in [-0.25, -0.2) is 0 Å². The summed E-state index contributed by atoms with van der Waals surface area (Å²) in [6.07, 6.45) is 0. The van der Waals surface area contributed by atoms with E-state index >= 15 is 0 Å². The Morgan fingerprint density at radius 2 is 1.83 bits per heavy atom. The maximum atomic E-state index is 12.2. The van der Waals surface area contributed by atoms with E-state index < -0.39 is 0 Å². The molecule has 0 saturated carbocycles. The normalized spacial score (nSPS) is 10.0. The lowest BCUT2D eigenvalue weighted by atomic mass is 10.1. The summed E-state index contributed by atoms with van der Waals surface area (Å²) in [4.78, 5) is 12.2. The number of nitrogens with two attached hydrogens (primary N) is 1. The first kappa shape index (κ1) is 17.1. The van der Waals surface area contributed by atoms with E-state index in [9.17, 15) is 4.79 Å². The maximum absolute atomic E-state index is 12.2. The molecule has 0 radical (unpaired) electrons. The van der Waals surface area contributed by atoms with Gasteiger partial charge in [-0.1, -0.05) is 17.7 Å². The topological polar surface area (TPSA) is 79.2 Å². The molecule has 7 heteroatoms. The van der Waals surface area contributed by atoms with Gasteiger partial charge in [0.25, 0.3) is 5.91 Å². The molecule has 0 atom stereocenters. The van der Waals surface area contributed by atoms with E-state index in [-0.39, 0.29) is 11.0 Å². The number of amides is 1. The van der Waals surface area contributed by atoms with Gasteiger partial charge in [0.1, 0.15) is 0 Å². The Hall–Kier alpha value is -2.31. The molecule has 0 spiro atoms. The molecule has 5 nitrogen and oxygen atoms in total. The van der Waals surface area contributed by atoms with Crippen LogP contribution in [0.4, 0.5) is 11.4 Å². The number of hydrogen-bond acceptors (Lipinski definition) is 3. The van der Waals surface area contributed by atoms with Crippen molar-refractivity contribution in [2.75, 3.05) is 5.32 Å². The first-order valence-corrected chi connectivity index (χ1v) is 7.65. The average molecular weight is 349 g/mol. The van der Waals surface area contributed by atoms with E-state index in [1.807, 2.05) is 32.0 Å². The van der Waals surface area contributed by atoms with Crippen molar-refractivity contribution in [3.05, 3.63) is 58.1 Å². The molecule has 0 aliphatic heterocycles. The van der Waals surface area contributed by atoms with Crippen molar-refractivity contribution in [2.45, 2.75) is 13.8 Å². The monoisotopic (exact) mass is 348 g/mol. The zero-order valence-electron chi connectivity index (χ0n) is 12.7. The summed E-state index contributed by atoms with van der Waals surface area (Å²) < 4.78 is 0. The number of thiocarbonyl (C=S) groups is 1. The van der Waals surface area contributed by atoms with Crippen molar-refractivity contribution in [1.29, 1.82) is 0 Å². The van der Waals surface area contributed by atoms with Gasteiger partial charge in [-0.3, -0.25) is 15.6 Å². The van der Waals surface area contributed by atoms with Crippen molar-refractivity contribution in [3.63, 3.8) is 0 Å². The molecule has 2 aromatic rings. The molecule has 0 saturated heterocycles. The molecule has 1 amide bonds. The third kappa shape index (κ3) is 4.58. The molecular formula is C16H17ClN4OS. The molecule has 0 bridgehead atoms. The Bertz CT molecular complexity index is 764. The molecule has 23 heavy (non-hydrogen) atoms. The fourth-order valence-corrected chi connectivity index (χ4v) is 2.20. The van der Waals surface area contributed by atoms with Crippen LogP contribution in [-0.4, -0.2) is 11.0 Å². The number of hydrogen-bond donors (Lipinski definition) is 4. The van der Waals surface area contributed by atoms with Gasteiger partial charge in [-0.05, 0) is 67.5 Å². The molecule has 0 aliphatic rings. The lowest BCUT2D eigenvalue weighted by Crippen LogP contribution is -2.44. The zero-order valence-corrected chi connectivity index (χ0v) is 14.3. The van der Waals surface area contributed by atoms with E-state index in [0.717, 1.165) is 11.3 Å². The smallest absolute Gasteiger partial charge is 0.271 e. The predicted molar refractivity (Wildman–Crippen MR) is 98.0 cm³/mol. The lowest BCUT2D eigenvalue weighted by molar-refractivity contribution is 0.0945. The van der Waals surface area contributed by atoms with Gasteiger partial charge in [0.15, 0.2) is 5.11 Å². The third-order valence-corrected chi connectivity index (χ3v) is 3.65. The quantitative estimate of drug-likeness (QED) is 0.506. The van der Waals surface area contributed by atoms with Crippen LogP contribution in [0.3, 0.4) is 0 Å². The molecular weight excluding hydrogens is 332 g/mol. The standard InChI is InChI=1S/C16H17ClN4OS/c1-9-3-5-12(7-10(9)2)19-14-8-11(17)4-6-13(14)15(22)20-21-16(18)23/h3-8,19H,1-2H3,(H,20,22)(H3,18,21,23). The van der Waals surface area contributed by atoms with Crippen LogP contribution >= 0.6 is 23.8 Å². The first-order chi connectivity index (χ1) is 10.9. The lowest BCUT2D eigenvalue weighted by Gasteiger charge is -2.14. The number of benzene rings is 2. The Balaban J connectivity index is 2.29. The van der Waals surface area contributed by atoms with E-state index in [1.54, 1.807) is 18.2 Å². The molecule has 5 N–H and O–H groups in total. The van der Waals surface area contributed by atoms with Gasteiger partial charge in [0, 0.05) is 10.7 Å². The number of anilines is 2. The number of hydrazine groups is 1. The highest BCUT2D eigenvalue weighted by Gasteiger charge is 2.12. The summed E-state index contributed by atoms with van der Waals surface area (Å²) in [7, 11) is 0. The third-order valence-electron chi connectivity index (χ3n) is 3.31. The molecule has 120 valence electrons. The molecule has 0 aliphatic carbocycles. The molecule has 0 fully saturated rings. The summed E-state index contributed by atoms with van der Waals surface area (Å²) in [5.74, 6) is -0.374. The SMILES string of the molecule is Cc1ccc(Nc2cc(Cl)ccc2C(=O)NNC(N)=S)cc1C. The fraction of sp³-hybridized carbons (Fsp3) is 0.125. The van der Waals surface area contributed by atoms with Gasteiger partial charge >= 0.3 is 0 Å². The highest BCUT2D eigenvalue weighted by atomic mass is 35.5. The van der Waals surface area contributed by atoms with Gasteiger partial charge in [0.2, 0.25) is 0 Å². The number of rotatable bonds is 3. The number of nitrogens with one attached hydrogen (secondary N) is 3. The number of aryl methyl sites for hydroxylation is 2. The van der Waals surface area contributed by atoms with E-state index in [1.165, 1.54) is 5.56 Å². The summed E-state index contributed by atoms with van der Waals surface area (Å²) >= 11 is 10.7. The van der Waals surface area contributed by atoms with E-state index in [0.29, 0.717) is 16.3 Å². The second-order valence-corrected chi connectivity index (χ2v) is 5.93. The van der Waals surface area contributed by atoms with Crippen LogP contribution in [0.1, 0.15) is 21.5 Å². The molecule has 0 heterocycles. The Kier molecular flexibility index (Phi) is 5.41. The molecule has 2 rings (SSSR count). The zero-order chi connectivity index (χ0) is 17.0. The van der Waals surface area contributed by atoms with Crippen LogP contribution in [0.15, 0.2) is 36.4 Å². The summed E-state index contributed by atoms with van der Waals surface area (Å²) in [6.45, 7) is 4.07. The van der Waals surface area contributed by atoms with Crippen molar-refractivity contribution >= 4 is 46.2 Å². The Labute approximate surface area is 145 Å². The fourth-order valence-electron chi connectivity index (χ4n) is 1.98. The maximum Gasteiger partial charge on any atom is 0.271 e. The molecule has 2 aromatic carbocycles. The first-order valence-electron chi connectivity index (χ1n) is 6.86. The van der Waals surface area contributed by atoms with Gasteiger partial charge in [-0.15, -0.1) is 0 Å². The van der Waals surface area contributed by atoms with E-state index in [4.69, 9.17) is 17.3 Å². The minimum Gasteiger partial charge on any atom is -0.375 e. The van der Waals surface area contributed by atoms with Gasteiger partial charge in [-0.2, -0.15) is 0 Å². The number of halogens is 1. The largest absolute Gasteiger partial charge is 0.375 e. The highest BCUT2D eigenvalue weighted by molar-refractivity contribution is 7.80. The van der Waals surface area contributed by atoms with Crippen LogP contribution in [-0.2, 0) is 0 Å². The number of carbonyl (C=O) groups is 1. The van der Waals surface area contributed by atoms with Crippen LogP contribution in [0, 0.1) is 13.8 Å². The molecule has 0 unspecified atom stereocenters. The second kappa shape index (κ2) is 7.30. The average Bonchev–Trinajstić information content (AvgIpc) is 2.49. The Morgan fingerprint density at radius 1 is 1.09 bits per heavy atom. The minimum atomic E-state index is -0.374. The molecule has 0 aromatic heterocycles. The summed E-state index contributed by atoms with van der Waals surface area (Å²) in [5, 5.41) is 3.72. The minimum absolute atomic E-state index is 0.0176. The van der Waals surface area contributed by atoms with Crippen LogP contribution < -0.4 is 21.9 Å². The van der Waals surface area contributed by atoms with Crippen LogP contribution in [0.25, 0.3) is 0 Å². The summed E-state index contributed by atoms with van der Waals surface area (Å²) in [5.41, 5.74) is 14.4. The predicted octanol–water partition coefficient (Wildman–Crippen LogP) is 3.18. The van der Waals surface area contributed by atoms with Gasteiger partial charge < -0.3 is 11.1 Å². The number of carbonyl (C=O) groups excluding carboxylic acids is 1. The summed E-state index contributed by atoms with van der Waals surface area (Å²) in [6, 6.07) is 10.9.